The van der Waals surface area contributed by atoms with E-state index >= 15 is 0 Å². The molecule has 0 bridgehead atoms. The quantitative estimate of drug-likeness (QED) is 0.0692. The smallest absolute Gasteiger partial charge is 0.326 e. The highest BCUT2D eigenvalue weighted by atomic mass is 16.4. The standard InChI is InChI=1S/C43H57N7O8/c1-5-27(4)37(50-38(52)31(44)22-28-15-9-6-10-16-28)42(56)48-33(24-30-19-13-8-14-20-30)39(53)47-34(25-36(45)51)41(55)46-32(23-29-17-11-7-12-18-29)40(54)49-35(43(57)58)21-26(2)3/h6-20,26-27,31-35,37H,5,21-25,44H2,1-4H3,(H2,45,51)(H,46,55)(H,47,53)(H,48,56)(H,49,54)(H,50,52)(H,57,58). The average Bonchev–Trinajstić information content (AvgIpc) is 3.19. The molecule has 0 aliphatic heterocycles. The van der Waals surface area contributed by atoms with Crippen molar-refractivity contribution < 1.29 is 38.7 Å². The van der Waals surface area contributed by atoms with Gasteiger partial charge in [0.15, 0.2) is 0 Å². The van der Waals surface area contributed by atoms with Gasteiger partial charge in [-0.1, -0.05) is 125 Å². The molecule has 0 aliphatic rings. The van der Waals surface area contributed by atoms with E-state index in [0.717, 1.165) is 5.56 Å². The first-order valence-corrected chi connectivity index (χ1v) is 19.5. The summed E-state index contributed by atoms with van der Waals surface area (Å²) in [5, 5.41) is 22.9. The summed E-state index contributed by atoms with van der Waals surface area (Å²) in [6.07, 6.45) is 0.0989. The molecule has 0 saturated heterocycles. The first-order chi connectivity index (χ1) is 27.6. The molecular formula is C43H57N7O8. The number of carboxylic acids is 1. The molecule has 3 aromatic carbocycles. The van der Waals surface area contributed by atoms with Crippen LogP contribution in [-0.4, -0.2) is 82.8 Å². The number of nitrogens with one attached hydrogen (secondary N) is 5. The van der Waals surface area contributed by atoms with Gasteiger partial charge in [0.05, 0.1) is 12.5 Å². The van der Waals surface area contributed by atoms with Crippen molar-refractivity contribution >= 4 is 41.4 Å². The summed E-state index contributed by atoms with van der Waals surface area (Å²) in [6, 6.07) is 19.1. The Balaban J connectivity index is 1.88. The number of benzene rings is 3. The van der Waals surface area contributed by atoms with Crippen LogP contribution in [0.25, 0.3) is 0 Å². The second kappa shape index (κ2) is 23.2. The summed E-state index contributed by atoms with van der Waals surface area (Å²) in [5.74, 6) is -6.45. The van der Waals surface area contributed by atoms with Crippen LogP contribution in [0.1, 0.15) is 63.6 Å². The second-order valence-corrected chi connectivity index (χ2v) is 14.9. The van der Waals surface area contributed by atoms with Gasteiger partial charge in [-0.3, -0.25) is 28.8 Å². The molecule has 0 aliphatic carbocycles. The molecule has 3 rings (SSSR count). The topological polar surface area (TPSA) is 252 Å². The SMILES string of the molecule is CCC(C)C(NC(=O)C(N)Cc1ccccc1)C(=O)NC(Cc1ccccc1)C(=O)NC(CC(N)=O)C(=O)NC(Cc1ccccc1)C(=O)NC(CC(C)C)C(=O)O. The summed E-state index contributed by atoms with van der Waals surface area (Å²) >= 11 is 0. The predicted octanol–water partition coefficient (Wildman–Crippen LogP) is 1.52. The number of carbonyl (C=O) groups excluding carboxylic acids is 6. The Labute approximate surface area is 339 Å². The van der Waals surface area contributed by atoms with Gasteiger partial charge in [0, 0.05) is 12.8 Å². The second-order valence-electron chi connectivity index (χ2n) is 14.9. The lowest BCUT2D eigenvalue weighted by atomic mass is 9.96. The highest BCUT2D eigenvalue weighted by Crippen LogP contribution is 2.13. The van der Waals surface area contributed by atoms with E-state index in [4.69, 9.17) is 11.5 Å². The highest BCUT2D eigenvalue weighted by Gasteiger charge is 2.35. The van der Waals surface area contributed by atoms with Gasteiger partial charge < -0.3 is 43.2 Å². The first-order valence-electron chi connectivity index (χ1n) is 19.5. The minimum absolute atomic E-state index is 0.0382. The van der Waals surface area contributed by atoms with E-state index in [1.54, 1.807) is 81.4 Å². The summed E-state index contributed by atoms with van der Waals surface area (Å²) in [4.78, 5) is 93.1. The number of aliphatic carboxylic acids is 1. The predicted molar refractivity (Wildman–Crippen MR) is 218 cm³/mol. The van der Waals surface area contributed by atoms with Crippen LogP contribution < -0.4 is 38.1 Å². The first kappa shape index (κ1) is 46.3. The zero-order valence-corrected chi connectivity index (χ0v) is 33.5. The van der Waals surface area contributed by atoms with Gasteiger partial charge in [-0.15, -0.1) is 0 Å². The number of primary amides is 1. The third-order valence-corrected chi connectivity index (χ3v) is 9.62. The van der Waals surface area contributed by atoms with Crippen LogP contribution >= 0.6 is 0 Å². The van der Waals surface area contributed by atoms with Crippen LogP contribution in [0.4, 0.5) is 0 Å². The Morgan fingerprint density at radius 2 is 0.948 bits per heavy atom. The van der Waals surface area contributed by atoms with Crippen molar-refractivity contribution in [2.24, 2.45) is 23.3 Å². The maximum atomic E-state index is 14.1. The van der Waals surface area contributed by atoms with Crippen molar-refractivity contribution in [2.75, 3.05) is 0 Å². The molecule has 0 heterocycles. The molecule has 0 aromatic heterocycles. The lowest BCUT2D eigenvalue weighted by Crippen LogP contribution is -2.61. The van der Waals surface area contributed by atoms with E-state index in [1.807, 2.05) is 37.3 Å². The number of carbonyl (C=O) groups is 7. The van der Waals surface area contributed by atoms with Gasteiger partial charge in [0.1, 0.15) is 30.2 Å². The molecule has 6 amide bonds. The zero-order chi connectivity index (χ0) is 42.8. The zero-order valence-electron chi connectivity index (χ0n) is 33.5. The number of rotatable bonds is 23. The highest BCUT2D eigenvalue weighted by molar-refractivity contribution is 5.98. The van der Waals surface area contributed by atoms with E-state index < -0.39 is 84.1 Å². The average molecular weight is 800 g/mol. The monoisotopic (exact) mass is 799 g/mol. The van der Waals surface area contributed by atoms with Crippen LogP contribution in [-0.2, 0) is 52.8 Å². The molecule has 58 heavy (non-hydrogen) atoms. The molecule has 10 N–H and O–H groups in total. The number of carboxylic acid groups (broad SMARTS) is 1. The fraction of sp³-hybridized carbons (Fsp3) is 0.419. The fourth-order valence-corrected chi connectivity index (χ4v) is 6.22. The van der Waals surface area contributed by atoms with Crippen LogP contribution in [0, 0.1) is 11.8 Å². The molecule has 0 saturated carbocycles. The fourth-order valence-electron chi connectivity index (χ4n) is 6.22. The largest absolute Gasteiger partial charge is 0.480 e. The van der Waals surface area contributed by atoms with E-state index in [2.05, 4.69) is 26.6 Å². The van der Waals surface area contributed by atoms with E-state index in [0.29, 0.717) is 17.5 Å². The summed E-state index contributed by atoms with van der Waals surface area (Å²) in [6.45, 7) is 7.23. The molecular weight excluding hydrogens is 743 g/mol. The molecule has 15 heteroatoms. The number of hydrogen-bond acceptors (Lipinski definition) is 8. The van der Waals surface area contributed by atoms with E-state index in [9.17, 15) is 38.7 Å². The minimum Gasteiger partial charge on any atom is -0.480 e. The van der Waals surface area contributed by atoms with Gasteiger partial charge >= 0.3 is 5.97 Å². The van der Waals surface area contributed by atoms with Gasteiger partial charge in [0.25, 0.3) is 0 Å². The number of nitrogens with two attached hydrogens (primary N) is 2. The van der Waals surface area contributed by atoms with Gasteiger partial charge in [-0.05, 0) is 41.4 Å². The summed E-state index contributed by atoms with van der Waals surface area (Å²) in [7, 11) is 0. The lowest BCUT2D eigenvalue weighted by Gasteiger charge is -2.29. The van der Waals surface area contributed by atoms with Gasteiger partial charge in [-0.2, -0.15) is 0 Å². The molecule has 0 spiro atoms. The van der Waals surface area contributed by atoms with Crippen molar-refractivity contribution in [3.8, 4) is 0 Å². The van der Waals surface area contributed by atoms with Crippen molar-refractivity contribution in [1.29, 1.82) is 0 Å². The van der Waals surface area contributed by atoms with Crippen LogP contribution in [0.5, 0.6) is 0 Å². The number of amides is 6. The molecule has 3 aromatic rings. The van der Waals surface area contributed by atoms with Crippen molar-refractivity contribution in [2.45, 2.75) is 102 Å². The van der Waals surface area contributed by atoms with Crippen LogP contribution in [0.3, 0.4) is 0 Å². The minimum atomic E-state index is -1.60. The Morgan fingerprint density at radius 1 is 0.552 bits per heavy atom. The molecule has 7 atom stereocenters. The van der Waals surface area contributed by atoms with Crippen molar-refractivity contribution in [1.82, 2.24) is 26.6 Å². The van der Waals surface area contributed by atoms with Crippen LogP contribution in [0.15, 0.2) is 91.0 Å². The third kappa shape index (κ3) is 15.4. The summed E-state index contributed by atoms with van der Waals surface area (Å²) in [5.41, 5.74) is 13.9. The Hall–Kier alpha value is -6.09. The third-order valence-electron chi connectivity index (χ3n) is 9.62. The maximum Gasteiger partial charge on any atom is 0.326 e. The van der Waals surface area contributed by atoms with E-state index in [-0.39, 0.29) is 37.5 Å². The Morgan fingerprint density at radius 3 is 1.36 bits per heavy atom. The van der Waals surface area contributed by atoms with Gasteiger partial charge in [0.2, 0.25) is 35.4 Å². The van der Waals surface area contributed by atoms with Crippen molar-refractivity contribution in [3.05, 3.63) is 108 Å². The Kier molecular flexibility index (Phi) is 18.5. The maximum absolute atomic E-state index is 14.1. The van der Waals surface area contributed by atoms with Crippen LogP contribution in [0.2, 0.25) is 0 Å². The molecule has 312 valence electrons. The molecule has 15 nitrogen and oxygen atoms in total. The summed E-state index contributed by atoms with van der Waals surface area (Å²) < 4.78 is 0. The number of hydrogen-bond donors (Lipinski definition) is 8. The molecule has 0 radical (unpaired) electrons. The van der Waals surface area contributed by atoms with Gasteiger partial charge in [-0.25, -0.2) is 4.79 Å². The Bertz CT molecular complexity index is 1830. The molecule has 0 fully saturated rings. The van der Waals surface area contributed by atoms with E-state index in [1.165, 1.54) is 0 Å². The lowest BCUT2D eigenvalue weighted by molar-refractivity contribution is -0.143. The molecule has 7 unspecified atom stereocenters. The normalized spacial score (nSPS) is 14.7. The van der Waals surface area contributed by atoms with Crippen molar-refractivity contribution in [3.63, 3.8) is 0 Å².